The summed E-state index contributed by atoms with van der Waals surface area (Å²) in [4.78, 5) is 28.9. The lowest BCUT2D eigenvalue weighted by molar-refractivity contribution is -0.144. The number of carbonyl (C=O) groups excluding carboxylic acids is 1. The smallest absolute Gasteiger partial charge is 0.496 e. The largest absolute Gasteiger partial charge is 0.528 e. The highest BCUT2D eigenvalue weighted by Crippen LogP contribution is 2.39. The van der Waals surface area contributed by atoms with Gasteiger partial charge in [0.2, 0.25) is 0 Å². The van der Waals surface area contributed by atoms with Gasteiger partial charge in [0.1, 0.15) is 23.9 Å². The number of aliphatic carboxylic acids is 1. The molecule has 1 aliphatic rings. The molecular formula is C27H26FNO7. The van der Waals surface area contributed by atoms with Crippen molar-refractivity contribution in [2.45, 2.75) is 32.6 Å². The fourth-order valence-electron chi connectivity index (χ4n) is 4.01. The highest BCUT2D eigenvalue weighted by Gasteiger charge is 2.27. The van der Waals surface area contributed by atoms with E-state index < -0.39 is 18.2 Å². The second kappa shape index (κ2) is 11.1. The van der Waals surface area contributed by atoms with Crippen LogP contribution in [0.25, 0.3) is 11.1 Å². The molecule has 8 nitrogen and oxygen atoms in total. The summed E-state index contributed by atoms with van der Waals surface area (Å²) in [6.07, 6.45) is -1.59. The molecule has 1 aliphatic heterocycles. The number of ether oxygens (including phenoxy) is 3. The first-order valence-corrected chi connectivity index (χ1v) is 11.4. The molecule has 1 heterocycles. The van der Waals surface area contributed by atoms with Gasteiger partial charge in [0, 0.05) is 12.1 Å². The fourth-order valence-corrected chi connectivity index (χ4v) is 4.01. The Hall–Kier alpha value is -4.11. The number of rotatable bonds is 8. The molecule has 0 aliphatic carbocycles. The summed E-state index contributed by atoms with van der Waals surface area (Å²) in [6.45, 7) is 1.92. The van der Waals surface area contributed by atoms with Crippen molar-refractivity contribution in [1.29, 1.82) is 0 Å². The zero-order valence-electron chi connectivity index (χ0n) is 19.9. The van der Waals surface area contributed by atoms with E-state index in [2.05, 4.69) is 0 Å². The van der Waals surface area contributed by atoms with E-state index in [9.17, 15) is 19.1 Å². The number of hydrogen-bond acceptors (Lipinski definition) is 7. The third-order valence-electron chi connectivity index (χ3n) is 5.84. The molecule has 1 unspecified atom stereocenters. The monoisotopic (exact) mass is 495 g/mol. The molecule has 4 rings (SSSR count). The number of carboxylic acid groups (broad SMARTS) is 1. The lowest BCUT2D eigenvalue weighted by atomic mass is 9.90. The summed E-state index contributed by atoms with van der Waals surface area (Å²) in [6, 6.07) is 17.1. The zero-order chi connectivity index (χ0) is 25.7. The number of benzene rings is 3. The van der Waals surface area contributed by atoms with E-state index >= 15 is 0 Å². The minimum absolute atomic E-state index is 0.0722. The molecule has 0 amide bonds. The average Bonchev–Trinajstić information content (AvgIpc) is 2.88. The van der Waals surface area contributed by atoms with Crippen molar-refractivity contribution < 1.29 is 38.1 Å². The third-order valence-corrected chi connectivity index (χ3v) is 5.84. The number of hydroxylamine groups is 2. The van der Waals surface area contributed by atoms with Gasteiger partial charge in [-0.25, -0.2) is 14.0 Å². The van der Waals surface area contributed by atoms with Crippen molar-refractivity contribution in [3.63, 3.8) is 0 Å². The van der Waals surface area contributed by atoms with Crippen LogP contribution < -0.4 is 9.47 Å². The van der Waals surface area contributed by atoms with E-state index in [0.717, 1.165) is 5.56 Å². The minimum Gasteiger partial charge on any atom is -0.496 e. The van der Waals surface area contributed by atoms with Gasteiger partial charge in [-0.1, -0.05) is 36.4 Å². The summed E-state index contributed by atoms with van der Waals surface area (Å²) in [7, 11) is 1.51. The first kappa shape index (κ1) is 25.0. The molecule has 1 atom stereocenters. The topological polar surface area (TPSA) is 94.5 Å². The Balaban J connectivity index is 1.57. The number of carboxylic acids is 1. The number of carbonyl (C=O) groups is 2. The summed E-state index contributed by atoms with van der Waals surface area (Å²) in [5.41, 5.74) is 3.21. The predicted molar refractivity (Wildman–Crippen MR) is 128 cm³/mol. The molecule has 0 saturated heterocycles. The molecule has 0 bridgehead atoms. The molecule has 0 aromatic heterocycles. The molecule has 0 fully saturated rings. The van der Waals surface area contributed by atoms with E-state index in [1.54, 1.807) is 24.3 Å². The van der Waals surface area contributed by atoms with Crippen LogP contribution >= 0.6 is 0 Å². The van der Waals surface area contributed by atoms with E-state index in [4.69, 9.17) is 19.0 Å². The minimum atomic E-state index is -1.10. The van der Waals surface area contributed by atoms with Crippen molar-refractivity contribution in [2.75, 3.05) is 13.7 Å². The zero-order valence-corrected chi connectivity index (χ0v) is 19.9. The van der Waals surface area contributed by atoms with Gasteiger partial charge in [0.25, 0.3) is 0 Å². The van der Waals surface area contributed by atoms with Gasteiger partial charge in [-0.3, -0.25) is 0 Å². The summed E-state index contributed by atoms with van der Waals surface area (Å²) >= 11 is 0. The van der Waals surface area contributed by atoms with E-state index in [1.807, 2.05) is 30.3 Å². The molecule has 9 heteroatoms. The van der Waals surface area contributed by atoms with Crippen LogP contribution in [0.5, 0.6) is 11.5 Å². The molecule has 0 radical (unpaired) electrons. The maximum atomic E-state index is 14.7. The van der Waals surface area contributed by atoms with Crippen LogP contribution in [0.2, 0.25) is 0 Å². The second-order valence-electron chi connectivity index (χ2n) is 8.24. The number of hydrogen-bond donors (Lipinski definition) is 1. The van der Waals surface area contributed by atoms with Gasteiger partial charge in [0.05, 0.1) is 13.7 Å². The first-order chi connectivity index (χ1) is 17.4. The standard InChI is InChI=1S/C27H26FNO7/c1-17(26(30)31)35-19-8-11-25(33-2)22(14-19)20-9-10-24(28)21-12-13-29(15-23(20)21)36-27(32)34-16-18-6-4-3-5-7-18/h3-11,14,17H,12-13,15-16H2,1-2H3,(H,30,31). The quantitative estimate of drug-likeness (QED) is 0.438. The Bertz CT molecular complexity index is 1250. The van der Waals surface area contributed by atoms with Crippen LogP contribution in [0.1, 0.15) is 23.6 Å². The molecule has 36 heavy (non-hydrogen) atoms. The Labute approximate surface area is 207 Å². The van der Waals surface area contributed by atoms with Gasteiger partial charge in [-0.05, 0) is 59.9 Å². The van der Waals surface area contributed by atoms with Crippen LogP contribution in [0.4, 0.5) is 9.18 Å². The van der Waals surface area contributed by atoms with Gasteiger partial charge >= 0.3 is 12.1 Å². The van der Waals surface area contributed by atoms with Gasteiger partial charge < -0.3 is 24.2 Å². The number of nitrogens with zero attached hydrogens (tertiary/aromatic N) is 1. The Morgan fingerprint density at radius 2 is 1.83 bits per heavy atom. The highest BCUT2D eigenvalue weighted by molar-refractivity contribution is 5.77. The maximum absolute atomic E-state index is 14.7. The van der Waals surface area contributed by atoms with Crippen LogP contribution in [-0.2, 0) is 33.9 Å². The molecule has 0 spiro atoms. The van der Waals surface area contributed by atoms with Crippen LogP contribution in [0.15, 0.2) is 60.7 Å². The van der Waals surface area contributed by atoms with Crippen LogP contribution in [-0.4, -0.2) is 42.1 Å². The number of fused-ring (bicyclic) bond motifs is 1. The number of methoxy groups -OCH3 is 1. The van der Waals surface area contributed by atoms with Gasteiger partial charge in [-0.2, -0.15) is 0 Å². The second-order valence-corrected chi connectivity index (χ2v) is 8.24. The first-order valence-electron chi connectivity index (χ1n) is 11.4. The van der Waals surface area contributed by atoms with Crippen molar-refractivity contribution in [1.82, 2.24) is 5.06 Å². The van der Waals surface area contributed by atoms with Crippen molar-refractivity contribution >= 4 is 12.1 Å². The van der Waals surface area contributed by atoms with Crippen LogP contribution in [0, 0.1) is 5.82 Å². The Morgan fingerprint density at radius 1 is 1.06 bits per heavy atom. The van der Waals surface area contributed by atoms with Gasteiger partial charge in [-0.15, -0.1) is 5.06 Å². The van der Waals surface area contributed by atoms with E-state index in [0.29, 0.717) is 46.7 Å². The average molecular weight is 496 g/mol. The molecule has 188 valence electrons. The van der Waals surface area contributed by atoms with Crippen molar-refractivity contribution in [3.8, 4) is 22.6 Å². The highest BCUT2D eigenvalue weighted by atomic mass is 19.1. The normalized spacial score (nSPS) is 13.9. The summed E-state index contributed by atoms with van der Waals surface area (Å²) in [5.74, 6) is -0.629. The fraction of sp³-hybridized carbons (Fsp3) is 0.259. The SMILES string of the molecule is COc1ccc(OC(C)C(=O)O)cc1-c1ccc(F)c2c1CN(OC(=O)OCc1ccccc1)CC2. The van der Waals surface area contributed by atoms with Gasteiger partial charge in [0.15, 0.2) is 6.10 Å². The lowest BCUT2D eigenvalue weighted by Crippen LogP contribution is -2.34. The Kier molecular flexibility index (Phi) is 7.70. The van der Waals surface area contributed by atoms with Crippen molar-refractivity contribution in [3.05, 3.63) is 83.2 Å². The molecular weight excluding hydrogens is 469 g/mol. The van der Waals surface area contributed by atoms with Crippen LogP contribution in [0.3, 0.4) is 0 Å². The maximum Gasteiger partial charge on any atom is 0.528 e. The predicted octanol–water partition coefficient (Wildman–Crippen LogP) is 4.98. The molecule has 3 aromatic rings. The summed E-state index contributed by atoms with van der Waals surface area (Å²) < 4.78 is 30.9. The third kappa shape index (κ3) is 5.75. The molecule has 1 N–H and O–H groups in total. The Morgan fingerprint density at radius 3 is 2.56 bits per heavy atom. The van der Waals surface area contributed by atoms with E-state index in [-0.39, 0.29) is 19.0 Å². The summed E-state index contributed by atoms with van der Waals surface area (Å²) in [5, 5.41) is 10.6. The van der Waals surface area contributed by atoms with E-state index in [1.165, 1.54) is 25.2 Å². The molecule has 0 saturated carbocycles. The molecule has 3 aromatic carbocycles. The van der Waals surface area contributed by atoms with Crippen molar-refractivity contribution in [2.24, 2.45) is 0 Å². The lowest BCUT2D eigenvalue weighted by Gasteiger charge is -2.29. The number of halogens is 1.